The second-order valence-electron chi connectivity index (χ2n) is 7.60. The van der Waals surface area contributed by atoms with Crippen molar-refractivity contribution in [2.75, 3.05) is 13.6 Å². The van der Waals surface area contributed by atoms with Gasteiger partial charge in [0, 0.05) is 44.6 Å². The summed E-state index contributed by atoms with van der Waals surface area (Å²) in [4.78, 5) is 13.0. The van der Waals surface area contributed by atoms with E-state index in [-0.39, 0.29) is 24.0 Å². The van der Waals surface area contributed by atoms with E-state index in [4.69, 9.17) is 0 Å². The molecule has 0 aliphatic rings. The highest BCUT2D eigenvalue weighted by molar-refractivity contribution is 14.0. The van der Waals surface area contributed by atoms with Gasteiger partial charge in [-0.05, 0) is 29.2 Å². The zero-order chi connectivity index (χ0) is 22.0. The number of hydrogen-bond donors (Lipinski definition) is 2. The summed E-state index contributed by atoms with van der Waals surface area (Å²) >= 11 is 0. The number of benzene rings is 2. The van der Waals surface area contributed by atoms with Gasteiger partial charge in [-0.1, -0.05) is 66.7 Å². The minimum Gasteiger partial charge on any atom is -0.356 e. The topological polar surface area (TPSA) is 67.1 Å². The summed E-state index contributed by atoms with van der Waals surface area (Å²) < 4.78 is 1.88. The Morgan fingerprint density at radius 2 is 1.70 bits per heavy atom. The van der Waals surface area contributed by atoms with Crippen LogP contribution >= 0.6 is 24.0 Å². The smallest absolute Gasteiger partial charge is 0.191 e. The average molecular weight is 552 g/mol. The van der Waals surface area contributed by atoms with Crippen LogP contribution in [-0.2, 0) is 13.0 Å². The van der Waals surface area contributed by atoms with Crippen LogP contribution in [-0.4, -0.2) is 34.1 Å². The Hall–Kier alpha value is -3.20. The molecule has 2 heterocycles. The highest BCUT2D eigenvalue weighted by atomic mass is 127. The summed E-state index contributed by atoms with van der Waals surface area (Å²) in [6, 6.07) is 25.3. The number of hydrogen-bond acceptors (Lipinski definition) is 3. The van der Waals surface area contributed by atoms with Gasteiger partial charge in [-0.2, -0.15) is 0 Å². The van der Waals surface area contributed by atoms with E-state index in [0.717, 1.165) is 30.3 Å². The van der Waals surface area contributed by atoms with Crippen molar-refractivity contribution in [2.45, 2.75) is 18.9 Å². The number of nitrogens with one attached hydrogen (secondary N) is 2. The highest BCUT2D eigenvalue weighted by Crippen LogP contribution is 2.20. The average Bonchev–Trinajstić information content (AvgIpc) is 3.40. The van der Waals surface area contributed by atoms with E-state index in [0.29, 0.717) is 12.5 Å². The second-order valence-corrected chi connectivity index (χ2v) is 7.60. The Morgan fingerprint density at radius 1 is 0.939 bits per heavy atom. The number of halogens is 1. The number of nitrogens with zero attached hydrogens (tertiary/aromatic N) is 4. The lowest BCUT2D eigenvalue weighted by Crippen LogP contribution is -2.39. The zero-order valence-electron chi connectivity index (χ0n) is 18.6. The van der Waals surface area contributed by atoms with Gasteiger partial charge >= 0.3 is 0 Å². The van der Waals surface area contributed by atoms with Gasteiger partial charge in [-0.15, -0.1) is 24.0 Å². The molecule has 2 N–H and O–H groups in total. The molecule has 33 heavy (non-hydrogen) atoms. The summed E-state index contributed by atoms with van der Waals surface area (Å²) in [6.45, 7) is 1.43. The molecule has 0 saturated carbocycles. The van der Waals surface area contributed by atoms with E-state index < -0.39 is 0 Å². The first-order valence-corrected chi connectivity index (χ1v) is 10.8. The van der Waals surface area contributed by atoms with Gasteiger partial charge in [0.05, 0.1) is 0 Å². The fourth-order valence-corrected chi connectivity index (χ4v) is 3.63. The number of imidazole rings is 1. The van der Waals surface area contributed by atoms with Crippen molar-refractivity contribution in [3.63, 3.8) is 0 Å². The van der Waals surface area contributed by atoms with Crippen LogP contribution in [0.2, 0.25) is 0 Å². The van der Waals surface area contributed by atoms with Crippen LogP contribution in [0, 0.1) is 0 Å². The van der Waals surface area contributed by atoms with Gasteiger partial charge in [0.1, 0.15) is 12.1 Å². The number of aliphatic imine (C=N–C) groups is 1. The van der Waals surface area contributed by atoms with E-state index in [1.54, 1.807) is 19.6 Å². The maximum absolute atomic E-state index is 4.51. The van der Waals surface area contributed by atoms with Crippen molar-refractivity contribution in [1.82, 2.24) is 25.2 Å². The Kier molecular flexibility index (Phi) is 9.44. The summed E-state index contributed by atoms with van der Waals surface area (Å²) in [7, 11) is 1.80. The lowest BCUT2D eigenvalue weighted by atomic mass is 9.92. The Bertz CT molecular complexity index is 1100. The van der Waals surface area contributed by atoms with Crippen LogP contribution in [0.3, 0.4) is 0 Å². The molecule has 0 bridgehead atoms. The predicted molar refractivity (Wildman–Crippen MR) is 144 cm³/mol. The molecule has 1 unspecified atom stereocenters. The molecule has 7 heteroatoms. The maximum Gasteiger partial charge on any atom is 0.191 e. The van der Waals surface area contributed by atoms with E-state index in [2.05, 4.69) is 92.3 Å². The van der Waals surface area contributed by atoms with Crippen LogP contribution in [0.15, 0.2) is 103 Å². The SMILES string of the molecule is CN=C(NCc1ccc(-n2ccnc2)nc1)NCC(Cc1ccccc1)c1ccccc1.I. The first-order chi connectivity index (χ1) is 15.8. The maximum atomic E-state index is 4.51. The lowest BCUT2D eigenvalue weighted by Gasteiger charge is -2.20. The van der Waals surface area contributed by atoms with Crippen LogP contribution in [0.5, 0.6) is 0 Å². The lowest BCUT2D eigenvalue weighted by molar-refractivity contribution is 0.644. The molecule has 1 atom stereocenters. The molecule has 0 aliphatic carbocycles. The van der Waals surface area contributed by atoms with Gasteiger partial charge in [0.25, 0.3) is 0 Å². The van der Waals surface area contributed by atoms with Crippen molar-refractivity contribution in [2.24, 2.45) is 4.99 Å². The largest absolute Gasteiger partial charge is 0.356 e. The Labute approximate surface area is 212 Å². The summed E-state index contributed by atoms with van der Waals surface area (Å²) in [5, 5.41) is 6.89. The van der Waals surface area contributed by atoms with Crippen LogP contribution in [0.4, 0.5) is 0 Å². The van der Waals surface area contributed by atoms with Crippen molar-refractivity contribution >= 4 is 29.9 Å². The first-order valence-electron chi connectivity index (χ1n) is 10.8. The third kappa shape index (κ3) is 7.15. The van der Waals surface area contributed by atoms with E-state index in [9.17, 15) is 0 Å². The van der Waals surface area contributed by atoms with E-state index in [1.165, 1.54) is 11.1 Å². The van der Waals surface area contributed by atoms with Crippen LogP contribution in [0.25, 0.3) is 5.82 Å². The minimum absolute atomic E-state index is 0. The highest BCUT2D eigenvalue weighted by Gasteiger charge is 2.13. The zero-order valence-corrected chi connectivity index (χ0v) is 21.0. The molecule has 170 valence electrons. The molecule has 0 aliphatic heterocycles. The fourth-order valence-electron chi connectivity index (χ4n) is 3.63. The standard InChI is InChI=1S/C26H28N6.HI/c1-27-26(30-18-22-12-13-25(29-17-22)32-15-14-28-20-32)31-19-24(23-10-6-3-7-11-23)16-21-8-4-2-5-9-21;/h2-15,17,20,24H,16,18-19H2,1H3,(H2,27,30,31);1H. The monoisotopic (exact) mass is 552 g/mol. The summed E-state index contributed by atoms with van der Waals surface area (Å²) in [5.41, 5.74) is 3.73. The molecule has 4 rings (SSSR count). The number of guanidine groups is 1. The molecule has 6 nitrogen and oxygen atoms in total. The summed E-state index contributed by atoms with van der Waals surface area (Å²) in [6.07, 6.45) is 8.20. The normalized spacial score (nSPS) is 12.0. The van der Waals surface area contributed by atoms with Crippen molar-refractivity contribution in [1.29, 1.82) is 0 Å². The Balaban J connectivity index is 0.00000306. The minimum atomic E-state index is 0. The van der Waals surface area contributed by atoms with Crippen molar-refractivity contribution < 1.29 is 0 Å². The third-order valence-corrected chi connectivity index (χ3v) is 5.37. The van der Waals surface area contributed by atoms with Crippen LogP contribution in [0.1, 0.15) is 22.6 Å². The number of rotatable bonds is 8. The molecule has 0 fully saturated rings. The van der Waals surface area contributed by atoms with Gasteiger partial charge in [0.2, 0.25) is 0 Å². The molecule has 0 saturated heterocycles. The molecule has 0 amide bonds. The number of aromatic nitrogens is 3. The second kappa shape index (κ2) is 12.7. The molecular weight excluding hydrogens is 523 g/mol. The quantitative estimate of drug-likeness (QED) is 0.191. The van der Waals surface area contributed by atoms with Crippen molar-refractivity contribution in [3.8, 4) is 5.82 Å². The molecule has 2 aromatic heterocycles. The molecular formula is C26H29IN6. The molecule has 0 spiro atoms. The van der Waals surface area contributed by atoms with Crippen LogP contribution < -0.4 is 10.6 Å². The third-order valence-electron chi connectivity index (χ3n) is 5.37. The van der Waals surface area contributed by atoms with E-state index in [1.807, 2.05) is 23.0 Å². The first kappa shape index (κ1) is 24.4. The predicted octanol–water partition coefficient (Wildman–Crippen LogP) is 4.58. The molecule has 4 aromatic rings. The number of pyridine rings is 1. The fraction of sp³-hybridized carbons (Fsp3) is 0.192. The van der Waals surface area contributed by atoms with Gasteiger partial charge in [-0.25, -0.2) is 9.97 Å². The van der Waals surface area contributed by atoms with Gasteiger partial charge in [0.15, 0.2) is 5.96 Å². The summed E-state index contributed by atoms with van der Waals surface area (Å²) in [5.74, 6) is 1.96. The van der Waals surface area contributed by atoms with Gasteiger partial charge < -0.3 is 10.6 Å². The van der Waals surface area contributed by atoms with Crippen molar-refractivity contribution in [3.05, 3.63) is 114 Å². The molecule has 0 radical (unpaired) electrons. The van der Waals surface area contributed by atoms with Gasteiger partial charge in [-0.3, -0.25) is 9.56 Å². The Morgan fingerprint density at radius 3 is 2.33 bits per heavy atom. The van der Waals surface area contributed by atoms with E-state index >= 15 is 0 Å². The molecule has 2 aromatic carbocycles.